The highest BCUT2D eigenvalue weighted by Gasteiger charge is 2.10. The third-order valence-corrected chi connectivity index (χ3v) is 3.58. The van der Waals surface area contributed by atoms with Gasteiger partial charge in [0.25, 0.3) is 0 Å². The molecule has 0 saturated heterocycles. The fourth-order valence-electron chi connectivity index (χ4n) is 2.62. The van der Waals surface area contributed by atoms with Crippen LogP contribution in [-0.4, -0.2) is 0 Å². The number of rotatable bonds is 3. The van der Waals surface area contributed by atoms with Crippen LogP contribution in [-0.2, 0) is 0 Å². The third-order valence-electron chi connectivity index (χ3n) is 3.58. The first-order chi connectivity index (χ1) is 10.9. The number of allylic oxidation sites excluding steroid dienone is 1. The maximum atomic E-state index is 8.84. The Morgan fingerprint density at radius 1 is 0.682 bits per heavy atom. The van der Waals surface area contributed by atoms with E-state index in [0.29, 0.717) is 0 Å². The van der Waals surface area contributed by atoms with Gasteiger partial charge in [-0.25, -0.2) is 0 Å². The Bertz CT molecular complexity index is 825. The van der Waals surface area contributed by atoms with Crippen molar-refractivity contribution in [2.75, 3.05) is 0 Å². The van der Waals surface area contributed by atoms with Crippen molar-refractivity contribution in [1.82, 2.24) is 0 Å². The van der Waals surface area contributed by atoms with Gasteiger partial charge in [0.15, 0.2) is 0 Å². The van der Waals surface area contributed by atoms with Crippen LogP contribution in [0.25, 0.3) is 28.3 Å². The van der Waals surface area contributed by atoms with Crippen LogP contribution in [0.3, 0.4) is 0 Å². The Morgan fingerprint density at radius 2 is 1.32 bits per heavy atom. The Kier molecular flexibility index (Phi) is 4.13. The molecule has 1 heteroatoms. The quantitative estimate of drug-likeness (QED) is 0.577. The Morgan fingerprint density at radius 3 is 1.95 bits per heavy atom. The van der Waals surface area contributed by atoms with E-state index in [1.54, 1.807) is 0 Å². The molecule has 0 spiro atoms. The predicted molar refractivity (Wildman–Crippen MR) is 92.0 cm³/mol. The average Bonchev–Trinajstić information content (AvgIpc) is 2.61. The van der Waals surface area contributed by atoms with E-state index >= 15 is 0 Å². The van der Waals surface area contributed by atoms with Crippen molar-refractivity contribution in [3.63, 3.8) is 0 Å². The molecule has 3 rings (SSSR count). The molecule has 0 bridgehead atoms. The van der Waals surface area contributed by atoms with Crippen molar-refractivity contribution in [2.24, 2.45) is 0 Å². The Balaban J connectivity index is 2.27. The van der Waals surface area contributed by atoms with Crippen molar-refractivity contribution in [3.8, 4) is 28.3 Å². The van der Waals surface area contributed by atoms with E-state index in [1.165, 1.54) is 17.2 Å². The van der Waals surface area contributed by atoms with Gasteiger partial charge >= 0.3 is 0 Å². The van der Waals surface area contributed by atoms with E-state index in [2.05, 4.69) is 36.4 Å². The minimum Gasteiger partial charge on any atom is -0.193 e. The van der Waals surface area contributed by atoms with Gasteiger partial charge in [0.05, 0.1) is 6.07 Å². The van der Waals surface area contributed by atoms with Gasteiger partial charge in [-0.15, -0.1) is 0 Å². The summed E-state index contributed by atoms with van der Waals surface area (Å²) < 4.78 is 0. The fourth-order valence-corrected chi connectivity index (χ4v) is 2.62. The van der Waals surface area contributed by atoms with E-state index in [0.717, 1.165) is 16.7 Å². The fraction of sp³-hybridized carbons (Fsp3) is 0. The first-order valence-corrected chi connectivity index (χ1v) is 7.20. The molecule has 104 valence electrons. The molecule has 22 heavy (non-hydrogen) atoms. The van der Waals surface area contributed by atoms with Crippen molar-refractivity contribution < 1.29 is 0 Å². The third kappa shape index (κ3) is 2.82. The summed E-state index contributed by atoms with van der Waals surface area (Å²) in [4.78, 5) is 0. The largest absolute Gasteiger partial charge is 0.193 e. The van der Waals surface area contributed by atoms with E-state index in [1.807, 2.05) is 54.6 Å². The standard InChI is InChI=1S/C21H15N/c22-16-8-14-19-13-7-15-20(17-9-3-1-4-10-17)21(19)18-11-5-2-6-12-18/h1-15H/b14-8+. The van der Waals surface area contributed by atoms with Crippen LogP contribution >= 0.6 is 0 Å². The molecule has 0 aliphatic rings. The molecule has 0 saturated carbocycles. The molecule has 0 atom stereocenters. The molecule has 0 heterocycles. The molecule has 0 amide bonds. The minimum absolute atomic E-state index is 1.05. The van der Waals surface area contributed by atoms with Gasteiger partial charge in [-0.2, -0.15) is 5.26 Å². The molecule has 0 N–H and O–H groups in total. The van der Waals surface area contributed by atoms with Gasteiger partial charge in [0.1, 0.15) is 0 Å². The molecule has 3 aromatic carbocycles. The van der Waals surface area contributed by atoms with Crippen LogP contribution in [0.4, 0.5) is 0 Å². The van der Waals surface area contributed by atoms with Gasteiger partial charge in [0.2, 0.25) is 0 Å². The lowest BCUT2D eigenvalue weighted by Gasteiger charge is -2.13. The Labute approximate surface area is 130 Å². The molecule has 0 radical (unpaired) electrons. The number of nitriles is 1. The molecular formula is C21H15N. The second-order valence-electron chi connectivity index (χ2n) is 4.96. The molecule has 0 aromatic heterocycles. The van der Waals surface area contributed by atoms with E-state index < -0.39 is 0 Å². The van der Waals surface area contributed by atoms with E-state index in [9.17, 15) is 0 Å². The van der Waals surface area contributed by atoms with Crippen molar-refractivity contribution in [3.05, 3.63) is 90.5 Å². The normalized spacial score (nSPS) is 10.5. The summed E-state index contributed by atoms with van der Waals surface area (Å²) >= 11 is 0. The molecule has 0 unspecified atom stereocenters. The van der Waals surface area contributed by atoms with Crippen LogP contribution in [0, 0.1) is 11.3 Å². The van der Waals surface area contributed by atoms with Crippen LogP contribution in [0.5, 0.6) is 0 Å². The molecule has 1 nitrogen and oxygen atoms in total. The topological polar surface area (TPSA) is 23.8 Å². The minimum atomic E-state index is 1.05. The SMILES string of the molecule is N#C/C=C/c1cccc(-c2ccccc2)c1-c1ccccc1. The molecular weight excluding hydrogens is 266 g/mol. The lowest BCUT2D eigenvalue weighted by Crippen LogP contribution is -1.89. The highest BCUT2D eigenvalue weighted by Crippen LogP contribution is 2.35. The van der Waals surface area contributed by atoms with Crippen molar-refractivity contribution in [1.29, 1.82) is 5.26 Å². The molecule has 0 aliphatic carbocycles. The van der Waals surface area contributed by atoms with Crippen LogP contribution in [0.15, 0.2) is 84.9 Å². The summed E-state index contributed by atoms with van der Waals surface area (Å²) in [7, 11) is 0. The van der Waals surface area contributed by atoms with E-state index in [-0.39, 0.29) is 0 Å². The lowest BCUT2D eigenvalue weighted by atomic mass is 9.90. The zero-order valence-corrected chi connectivity index (χ0v) is 12.1. The van der Waals surface area contributed by atoms with Crippen LogP contribution in [0.1, 0.15) is 5.56 Å². The lowest BCUT2D eigenvalue weighted by molar-refractivity contribution is 1.53. The summed E-state index contributed by atoms with van der Waals surface area (Å²) in [6.07, 6.45) is 3.39. The molecule has 3 aromatic rings. The van der Waals surface area contributed by atoms with Crippen molar-refractivity contribution in [2.45, 2.75) is 0 Å². The predicted octanol–water partition coefficient (Wildman–Crippen LogP) is 5.56. The monoisotopic (exact) mass is 281 g/mol. The summed E-state index contributed by atoms with van der Waals surface area (Å²) in [5.74, 6) is 0. The van der Waals surface area contributed by atoms with E-state index in [4.69, 9.17) is 5.26 Å². The summed E-state index contributed by atoms with van der Waals surface area (Å²) in [6, 6.07) is 28.9. The summed E-state index contributed by atoms with van der Waals surface area (Å²) in [6.45, 7) is 0. The smallest absolute Gasteiger partial charge is 0.0912 e. The number of nitrogens with zero attached hydrogens (tertiary/aromatic N) is 1. The summed E-state index contributed by atoms with van der Waals surface area (Å²) in [5, 5.41) is 8.84. The first-order valence-electron chi connectivity index (χ1n) is 7.20. The van der Waals surface area contributed by atoms with Gasteiger partial charge in [-0.05, 0) is 33.9 Å². The van der Waals surface area contributed by atoms with Crippen molar-refractivity contribution >= 4 is 6.08 Å². The summed E-state index contributed by atoms with van der Waals surface area (Å²) in [5.41, 5.74) is 5.70. The maximum absolute atomic E-state index is 8.84. The number of benzene rings is 3. The van der Waals surface area contributed by atoms with Gasteiger partial charge in [-0.1, -0.05) is 78.9 Å². The molecule has 0 fully saturated rings. The number of hydrogen-bond acceptors (Lipinski definition) is 1. The second-order valence-corrected chi connectivity index (χ2v) is 4.96. The van der Waals surface area contributed by atoms with Crippen LogP contribution in [0.2, 0.25) is 0 Å². The highest BCUT2D eigenvalue weighted by atomic mass is 14.2. The zero-order valence-electron chi connectivity index (χ0n) is 12.1. The first kappa shape index (κ1) is 13.9. The highest BCUT2D eigenvalue weighted by molar-refractivity contribution is 5.89. The van der Waals surface area contributed by atoms with Gasteiger partial charge in [0, 0.05) is 6.08 Å². The number of hydrogen-bond donors (Lipinski definition) is 0. The maximum Gasteiger partial charge on any atom is 0.0912 e. The molecule has 0 aliphatic heterocycles. The van der Waals surface area contributed by atoms with Crippen LogP contribution < -0.4 is 0 Å². The Hall–Kier alpha value is -3.11. The average molecular weight is 281 g/mol. The zero-order chi connectivity index (χ0) is 15.2. The second kappa shape index (κ2) is 6.56. The van der Waals surface area contributed by atoms with Gasteiger partial charge < -0.3 is 0 Å². The van der Waals surface area contributed by atoms with Gasteiger partial charge in [-0.3, -0.25) is 0 Å².